The summed E-state index contributed by atoms with van der Waals surface area (Å²) in [6.45, 7) is 11.0. The van der Waals surface area contributed by atoms with Gasteiger partial charge >= 0.3 is 0 Å². The molecule has 1 fully saturated rings. The zero-order valence-corrected chi connectivity index (χ0v) is 18.6. The number of anilines is 1. The van der Waals surface area contributed by atoms with Crippen LogP contribution in [0.25, 0.3) is 11.3 Å². The molecule has 0 atom stereocenters. The zero-order chi connectivity index (χ0) is 22.1. The van der Waals surface area contributed by atoms with E-state index in [1.165, 1.54) is 5.56 Å². The van der Waals surface area contributed by atoms with Gasteiger partial charge in [0.15, 0.2) is 11.5 Å². The van der Waals surface area contributed by atoms with Crippen molar-refractivity contribution in [2.24, 2.45) is 0 Å². The molecule has 0 bridgehead atoms. The van der Waals surface area contributed by atoms with Crippen LogP contribution in [0, 0.1) is 6.92 Å². The van der Waals surface area contributed by atoms with Crippen molar-refractivity contribution in [1.29, 1.82) is 0 Å². The number of aryl methyl sites for hydroxylation is 1. The van der Waals surface area contributed by atoms with E-state index in [-0.39, 0.29) is 18.2 Å². The first kappa shape index (κ1) is 20.7. The molecule has 1 saturated heterocycles. The Morgan fingerprint density at radius 1 is 1.06 bits per heavy atom. The van der Waals surface area contributed by atoms with Crippen LogP contribution in [0.2, 0.25) is 0 Å². The van der Waals surface area contributed by atoms with Crippen molar-refractivity contribution in [2.45, 2.75) is 27.0 Å². The molecule has 3 aromatic rings. The smallest absolute Gasteiger partial charge is 0.278 e. The highest BCUT2D eigenvalue weighted by molar-refractivity contribution is 6.04. The minimum atomic E-state index is -0.293. The molecular formula is C25H28N4O3. The van der Waals surface area contributed by atoms with E-state index in [1.54, 1.807) is 0 Å². The second kappa shape index (κ2) is 8.76. The van der Waals surface area contributed by atoms with E-state index in [0.29, 0.717) is 11.3 Å². The minimum Gasteiger partial charge on any atom is -0.488 e. The largest absolute Gasteiger partial charge is 0.488 e. The number of likely N-dealkylation sites (N-methyl/N-ethyl adjacent to an activating group) is 1. The van der Waals surface area contributed by atoms with Crippen LogP contribution >= 0.6 is 0 Å². The van der Waals surface area contributed by atoms with Crippen LogP contribution < -0.4 is 10.1 Å². The summed E-state index contributed by atoms with van der Waals surface area (Å²) in [6.07, 6.45) is 0. The molecule has 5 rings (SSSR count). The summed E-state index contributed by atoms with van der Waals surface area (Å²) < 4.78 is 11.4. The summed E-state index contributed by atoms with van der Waals surface area (Å²) in [6, 6.07) is 13.9. The number of rotatable bonds is 5. The van der Waals surface area contributed by atoms with Crippen molar-refractivity contribution < 1.29 is 14.1 Å². The van der Waals surface area contributed by atoms with Crippen molar-refractivity contribution in [2.75, 3.05) is 38.0 Å². The summed E-state index contributed by atoms with van der Waals surface area (Å²) in [5, 5.41) is 6.99. The van der Waals surface area contributed by atoms with Gasteiger partial charge in [-0.05, 0) is 43.3 Å². The lowest BCUT2D eigenvalue weighted by atomic mass is 10.0. The van der Waals surface area contributed by atoms with Crippen molar-refractivity contribution in [3.8, 4) is 17.1 Å². The highest BCUT2D eigenvalue weighted by Crippen LogP contribution is 2.39. The van der Waals surface area contributed by atoms with Gasteiger partial charge in [0.2, 0.25) is 0 Å². The number of nitrogens with one attached hydrogen (secondary N) is 1. The van der Waals surface area contributed by atoms with Crippen LogP contribution in [-0.2, 0) is 13.2 Å². The quantitative estimate of drug-likeness (QED) is 0.659. The fourth-order valence-electron chi connectivity index (χ4n) is 4.34. The maximum Gasteiger partial charge on any atom is 0.278 e. The van der Waals surface area contributed by atoms with Crippen molar-refractivity contribution in [1.82, 2.24) is 15.0 Å². The van der Waals surface area contributed by atoms with E-state index in [1.807, 2.05) is 37.3 Å². The molecule has 2 aromatic carbocycles. The summed E-state index contributed by atoms with van der Waals surface area (Å²) in [7, 11) is 0. The second-order valence-corrected chi connectivity index (χ2v) is 8.49. The monoisotopic (exact) mass is 432 g/mol. The van der Waals surface area contributed by atoms with E-state index in [2.05, 4.69) is 39.3 Å². The molecule has 7 nitrogen and oxygen atoms in total. The van der Waals surface area contributed by atoms with Gasteiger partial charge in [0.25, 0.3) is 5.91 Å². The van der Waals surface area contributed by atoms with E-state index in [9.17, 15) is 4.79 Å². The van der Waals surface area contributed by atoms with Gasteiger partial charge in [-0.25, -0.2) is 0 Å². The molecule has 32 heavy (non-hydrogen) atoms. The molecule has 0 saturated carbocycles. The third-order valence-corrected chi connectivity index (χ3v) is 6.29. The number of carbonyl (C=O) groups is 1. The summed E-state index contributed by atoms with van der Waals surface area (Å²) in [4.78, 5) is 17.8. The van der Waals surface area contributed by atoms with Gasteiger partial charge in [0.1, 0.15) is 12.4 Å². The number of ether oxygens (including phenoxy) is 1. The Labute approximate surface area is 187 Å². The van der Waals surface area contributed by atoms with Gasteiger partial charge in [0, 0.05) is 38.4 Å². The molecular weight excluding hydrogens is 404 g/mol. The zero-order valence-electron chi connectivity index (χ0n) is 18.6. The maximum atomic E-state index is 12.9. The van der Waals surface area contributed by atoms with Crippen LogP contribution in [0.1, 0.15) is 34.1 Å². The molecule has 1 N–H and O–H groups in total. The number of nitrogens with zero attached hydrogens (tertiary/aromatic N) is 3. The standard InChI is InChI=1S/C25H28N4O3/c1-3-28-10-12-29(13-11-28)15-18-5-7-19(8-6-18)26-25(30)23-21-16-31-22-9-4-17(2)14-20(22)24(21)32-27-23/h4-9,14H,3,10-13,15-16H2,1-2H3,(H,26,30). The normalized spacial score (nSPS) is 16.2. The molecule has 166 valence electrons. The minimum absolute atomic E-state index is 0.266. The third-order valence-electron chi connectivity index (χ3n) is 6.29. The fraction of sp³-hybridized carbons (Fsp3) is 0.360. The van der Waals surface area contributed by atoms with Crippen LogP contribution in [-0.4, -0.2) is 53.6 Å². The molecule has 0 radical (unpaired) electrons. The Morgan fingerprint density at radius 3 is 2.56 bits per heavy atom. The van der Waals surface area contributed by atoms with Gasteiger partial charge in [-0.1, -0.05) is 35.8 Å². The summed E-state index contributed by atoms with van der Waals surface area (Å²) in [5.41, 5.74) is 4.86. The van der Waals surface area contributed by atoms with E-state index in [4.69, 9.17) is 9.26 Å². The van der Waals surface area contributed by atoms with Gasteiger partial charge in [-0.3, -0.25) is 9.69 Å². The molecule has 3 heterocycles. The highest BCUT2D eigenvalue weighted by Gasteiger charge is 2.29. The van der Waals surface area contributed by atoms with E-state index in [0.717, 1.165) is 61.8 Å². The lowest BCUT2D eigenvalue weighted by molar-refractivity contribution is 0.101. The molecule has 2 aliphatic rings. The Kier molecular flexibility index (Phi) is 5.68. The fourth-order valence-corrected chi connectivity index (χ4v) is 4.34. The van der Waals surface area contributed by atoms with Crippen molar-refractivity contribution in [3.05, 3.63) is 64.8 Å². The van der Waals surface area contributed by atoms with Gasteiger partial charge in [-0.15, -0.1) is 0 Å². The lowest BCUT2D eigenvalue weighted by Crippen LogP contribution is -2.45. The highest BCUT2D eigenvalue weighted by atomic mass is 16.5. The molecule has 2 aliphatic heterocycles. The average molecular weight is 433 g/mol. The van der Waals surface area contributed by atoms with Crippen LogP contribution in [0.3, 0.4) is 0 Å². The Bertz CT molecular complexity index is 1110. The summed E-state index contributed by atoms with van der Waals surface area (Å²) >= 11 is 0. The number of amides is 1. The number of benzene rings is 2. The predicted octanol–water partition coefficient (Wildman–Crippen LogP) is 3.93. The molecule has 0 unspecified atom stereocenters. The van der Waals surface area contributed by atoms with Gasteiger partial charge in [0.05, 0.1) is 11.1 Å². The molecule has 1 aromatic heterocycles. The third kappa shape index (κ3) is 4.13. The SMILES string of the molecule is CCN1CCN(Cc2ccc(NC(=O)c3noc4c3COc3ccc(C)cc3-4)cc2)CC1. The predicted molar refractivity (Wildman–Crippen MR) is 123 cm³/mol. The molecule has 0 aliphatic carbocycles. The molecule has 0 spiro atoms. The Balaban J connectivity index is 1.25. The second-order valence-electron chi connectivity index (χ2n) is 8.49. The Hall–Kier alpha value is -3.16. The Morgan fingerprint density at radius 2 is 1.81 bits per heavy atom. The van der Waals surface area contributed by atoms with E-state index < -0.39 is 0 Å². The van der Waals surface area contributed by atoms with Gasteiger partial charge in [-0.2, -0.15) is 0 Å². The van der Waals surface area contributed by atoms with Crippen molar-refractivity contribution in [3.63, 3.8) is 0 Å². The first-order chi connectivity index (χ1) is 15.6. The number of aromatic nitrogens is 1. The first-order valence-electron chi connectivity index (χ1n) is 11.2. The molecule has 7 heteroatoms. The summed E-state index contributed by atoms with van der Waals surface area (Å²) in [5.74, 6) is 1.06. The van der Waals surface area contributed by atoms with Crippen LogP contribution in [0.15, 0.2) is 47.0 Å². The van der Waals surface area contributed by atoms with Crippen molar-refractivity contribution >= 4 is 11.6 Å². The van der Waals surface area contributed by atoms with E-state index >= 15 is 0 Å². The number of hydrogen-bond acceptors (Lipinski definition) is 6. The topological polar surface area (TPSA) is 70.8 Å². The first-order valence-corrected chi connectivity index (χ1v) is 11.2. The number of fused-ring (bicyclic) bond motifs is 3. The molecule has 1 amide bonds. The number of carbonyl (C=O) groups excluding carboxylic acids is 1. The van der Waals surface area contributed by atoms with Crippen LogP contribution in [0.4, 0.5) is 5.69 Å². The number of hydrogen-bond donors (Lipinski definition) is 1. The van der Waals surface area contributed by atoms with Gasteiger partial charge < -0.3 is 19.5 Å². The number of piperazine rings is 1. The lowest BCUT2D eigenvalue weighted by Gasteiger charge is -2.34. The average Bonchev–Trinajstić information content (AvgIpc) is 3.26. The maximum absolute atomic E-state index is 12.9. The van der Waals surface area contributed by atoms with Crippen LogP contribution in [0.5, 0.6) is 5.75 Å².